The topological polar surface area (TPSA) is 53.5 Å². The van der Waals surface area contributed by atoms with Crippen LogP contribution in [0.15, 0.2) is 29.3 Å². The third kappa shape index (κ3) is 3.90. The van der Waals surface area contributed by atoms with E-state index >= 15 is 0 Å². The Morgan fingerprint density at radius 3 is 2.41 bits per heavy atom. The molecule has 1 aromatic carbocycles. The molecule has 92 valence electrons. The summed E-state index contributed by atoms with van der Waals surface area (Å²) in [6.45, 7) is 7.24. The molecule has 0 saturated heterocycles. The first-order valence-corrected chi connectivity index (χ1v) is 5.92. The Kier molecular flexibility index (Phi) is 5.20. The zero-order valence-electron chi connectivity index (χ0n) is 10.6. The van der Waals surface area contributed by atoms with Gasteiger partial charge in [0.2, 0.25) is 5.91 Å². The smallest absolute Gasteiger partial charge is 0.221 e. The van der Waals surface area contributed by atoms with Crippen LogP contribution < -0.4 is 10.6 Å². The minimum Gasteiger partial charge on any atom is -0.368 e. The summed E-state index contributed by atoms with van der Waals surface area (Å²) < 4.78 is 0. The predicted octanol–water partition coefficient (Wildman–Crippen LogP) is 2.02. The molecule has 17 heavy (non-hydrogen) atoms. The molecular weight excluding hydrogens is 214 g/mol. The molecule has 1 aliphatic rings. The molecule has 0 spiro atoms. The van der Waals surface area contributed by atoms with Crippen LogP contribution >= 0.6 is 0 Å². The number of rotatable bonds is 2. The number of amidine groups is 1. The molecular formula is C13H19N3O. The lowest BCUT2D eigenvalue weighted by atomic mass is 10.2. The maximum atomic E-state index is 10.8. The van der Waals surface area contributed by atoms with Gasteiger partial charge in [-0.2, -0.15) is 0 Å². The third-order valence-electron chi connectivity index (χ3n) is 2.15. The quantitative estimate of drug-likeness (QED) is 0.821. The highest BCUT2D eigenvalue weighted by atomic mass is 16.1. The Morgan fingerprint density at radius 2 is 1.94 bits per heavy atom. The summed E-state index contributed by atoms with van der Waals surface area (Å²) in [7, 11) is 0. The van der Waals surface area contributed by atoms with Gasteiger partial charge in [0.05, 0.1) is 6.54 Å². The molecule has 0 saturated carbocycles. The molecule has 2 N–H and O–H groups in total. The zero-order valence-corrected chi connectivity index (χ0v) is 10.6. The van der Waals surface area contributed by atoms with Crippen molar-refractivity contribution in [2.24, 2.45) is 4.99 Å². The summed E-state index contributed by atoms with van der Waals surface area (Å²) in [5.41, 5.74) is 1.87. The first-order valence-electron chi connectivity index (χ1n) is 5.92. The largest absolute Gasteiger partial charge is 0.368 e. The number of nitrogens with zero attached hydrogens (tertiary/aromatic N) is 1. The Labute approximate surface area is 102 Å². The minimum absolute atomic E-state index is 0.0564. The molecule has 2 rings (SSSR count). The molecule has 4 heteroatoms. The van der Waals surface area contributed by atoms with Gasteiger partial charge in [-0.3, -0.25) is 9.79 Å². The Hall–Kier alpha value is -1.84. The second-order valence-corrected chi connectivity index (χ2v) is 3.42. The SMILES string of the molecule is CC.CC(=O)Nc1ccc(C2=NCCN2)cc1. The second kappa shape index (κ2) is 6.68. The van der Waals surface area contributed by atoms with Crippen LogP contribution in [0.4, 0.5) is 5.69 Å². The van der Waals surface area contributed by atoms with Gasteiger partial charge in [-0.15, -0.1) is 0 Å². The monoisotopic (exact) mass is 233 g/mol. The van der Waals surface area contributed by atoms with Crippen molar-refractivity contribution in [3.63, 3.8) is 0 Å². The van der Waals surface area contributed by atoms with Crippen molar-refractivity contribution in [3.05, 3.63) is 29.8 Å². The molecule has 0 aromatic heterocycles. The first-order chi connectivity index (χ1) is 8.25. The van der Waals surface area contributed by atoms with Crippen LogP contribution in [0.3, 0.4) is 0 Å². The van der Waals surface area contributed by atoms with Gasteiger partial charge in [-0.1, -0.05) is 13.8 Å². The summed E-state index contributed by atoms with van der Waals surface area (Å²) in [6.07, 6.45) is 0. The van der Waals surface area contributed by atoms with E-state index in [1.807, 2.05) is 38.1 Å². The van der Waals surface area contributed by atoms with Crippen LogP contribution in [0.2, 0.25) is 0 Å². The number of amides is 1. The number of hydrogen-bond acceptors (Lipinski definition) is 3. The summed E-state index contributed by atoms with van der Waals surface area (Å²) in [5.74, 6) is 0.878. The van der Waals surface area contributed by atoms with E-state index in [9.17, 15) is 4.79 Å². The number of nitrogens with one attached hydrogen (secondary N) is 2. The summed E-state index contributed by atoms with van der Waals surface area (Å²) in [5, 5.41) is 5.92. The highest BCUT2D eigenvalue weighted by Gasteiger charge is 2.07. The van der Waals surface area contributed by atoms with Crippen molar-refractivity contribution in [1.82, 2.24) is 5.32 Å². The molecule has 4 nitrogen and oxygen atoms in total. The molecule has 0 atom stereocenters. The van der Waals surface area contributed by atoms with Crippen LogP contribution in [0.1, 0.15) is 26.3 Å². The van der Waals surface area contributed by atoms with Crippen molar-refractivity contribution in [3.8, 4) is 0 Å². The molecule has 0 bridgehead atoms. The predicted molar refractivity (Wildman–Crippen MR) is 71.5 cm³/mol. The maximum Gasteiger partial charge on any atom is 0.221 e. The number of aliphatic imine (C=N–C) groups is 1. The fourth-order valence-electron chi connectivity index (χ4n) is 1.51. The van der Waals surface area contributed by atoms with Gasteiger partial charge in [-0.05, 0) is 24.3 Å². The highest BCUT2D eigenvalue weighted by molar-refractivity contribution is 6.00. The van der Waals surface area contributed by atoms with Crippen LogP contribution in [0, 0.1) is 0 Å². The van der Waals surface area contributed by atoms with Crippen LogP contribution in [-0.2, 0) is 4.79 Å². The van der Waals surface area contributed by atoms with Crippen LogP contribution in [0.5, 0.6) is 0 Å². The molecule has 1 amide bonds. The van der Waals surface area contributed by atoms with Crippen LogP contribution in [0.25, 0.3) is 0 Å². The fraction of sp³-hybridized carbons (Fsp3) is 0.385. The van der Waals surface area contributed by atoms with Gasteiger partial charge >= 0.3 is 0 Å². The van der Waals surface area contributed by atoms with Gasteiger partial charge in [0.15, 0.2) is 0 Å². The van der Waals surface area contributed by atoms with E-state index in [0.29, 0.717) is 0 Å². The maximum absolute atomic E-state index is 10.8. The number of anilines is 1. The van der Waals surface area contributed by atoms with E-state index in [0.717, 1.165) is 30.2 Å². The van der Waals surface area contributed by atoms with Gasteiger partial charge in [-0.25, -0.2) is 0 Å². The molecule has 0 fully saturated rings. The molecule has 0 radical (unpaired) electrons. The number of carbonyl (C=O) groups is 1. The van der Waals surface area contributed by atoms with Gasteiger partial charge in [0.1, 0.15) is 5.84 Å². The Morgan fingerprint density at radius 1 is 1.29 bits per heavy atom. The third-order valence-corrected chi connectivity index (χ3v) is 2.15. The van der Waals surface area contributed by atoms with Gasteiger partial charge < -0.3 is 10.6 Å². The Bertz CT molecular complexity index is 396. The van der Waals surface area contributed by atoms with Crippen molar-refractivity contribution < 1.29 is 4.79 Å². The van der Waals surface area contributed by atoms with Gasteiger partial charge in [0, 0.05) is 24.7 Å². The van der Waals surface area contributed by atoms with E-state index in [2.05, 4.69) is 15.6 Å². The average molecular weight is 233 g/mol. The van der Waals surface area contributed by atoms with Crippen molar-refractivity contribution >= 4 is 17.4 Å². The van der Waals surface area contributed by atoms with E-state index < -0.39 is 0 Å². The second-order valence-electron chi connectivity index (χ2n) is 3.42. The van der Waals surface area contributed by atoms with Crippen molar-refractivity contribution in [2.75, 3.05) is 18.4 Å². The lowest BCUT2D eigenvalue weighted by Crippen LogP contribution is -2.19. The van der Waals surface area contributed by atoms with E-state index in [1.54, 1.807) is 0 Å². The summed E-state index contributed by atoms with van der Waals surface area (Å²) in [6, 6.07) is 7.64. The van der Waals surface area contributed by atoms with E-state index in [1.165, 1.54) is 6.92 Å². The molecule has 1 heterocycles. The normalized spacial score (nSPS) is 13.0. The van der Waals surface area contributed by atoms with E-state index in [-0.39, 0.29) is 5.91 Å². The van der Waals surface area contributed by atoms with E-state index in [4.69, 9.17) is 0 Å². The summed E-state index contributed by atoms with van der Waals surface area (Å²) >= 11 is 0. The number of hydrogen-bond donors (Lipinski definition) is 2. The number of carbonyl (C=O) groups excluding carboxylic acids is 1. The molecule has 0 unspecified atom stereocenters. The zero-order chi connectivity index (χ0) is 12.7. The summed E-state index contributed by atoms with van der Waals surface area (Å²) in [4.78, 5) is 15.1. The first kappa shape index (κ1) is 13.2. The molecule has 0 aliphatic carbocycles. The number of benzene rings is 1. The minimum atomic E-state index is -0.0564. The lowest BCUT2D eigenvalue weighted by Gasteiger charge is -2.04. The molecule has 1 aliphatic heterocycles. The van der Waals surface area contributed by atoms with Crippen LogP contribution in [-0.4, -0.2) is 24.8 Å². The van der Waals surface area contributed by atoms with Crippen molar-refractivity contribution in [2.45, 2.75) is 20.8 Å². The standard InChI is InChI=1S/C11H13N3O.C2H6/c1-8(15)14-10-4-2-9(3-5-10)11-12-6-7-13-11;1-2/h2-5H,6-7H2,1H3,(H,12,13)(H,14,15);1-2H3. The highest BCUT2D eigenvalue weighted by Crippen LogP contribution is 2.10. The lowest BCUT2D eigenvalue weighted by molar-refractivity contribution is -0.114. The van der Waals surface area contributed by atoms with Gasteiger partial charge in [0.25, 0.3) is 0 Å². The molecule has 1 aromatic rings. The fourth-order valence-corrected chi connectivity index (χ4v) is 1.51. The average Bonchev–Trinajstić information content (AvgIpc) is 2.85. The van der Waals surface area contributed by atoms with Crippen molar-refractivity contribution in [1.29, 1.82) is 0 Å². The Balaban J connectivity index is 0.000000686.